The first-order valence-corrected chi connectivity index (χ1v) is 7.06. The number of amides is 1. The molecule has 0 aromatic heterocycles. The van der Waals surface area contributed by atoms with E-state index in [1.165, 1.54) is 12.2 Å². The third-order valence-electron chi connectivity index (χ3n) is 3.42. The van der Waals surface area contributed by atoms with Crippen LogP contribution in [-0.4, -0.2) is 49.1 Å². The van der Waals surface area contributed by atoms with Crippen LogP contribution in [0.15, 0.2) is 30.3 Å². The predicted octanol–water partition coefficient (Wildman–Crippen LogP) is 1.57. The van der Waals surface area contributed by atoms with E-state index in [9.17, 15) is 4.79 Å². The van der Waals surface area contributed by atoms with Gasteiger partial charge in [0.15, 0.2) is 6.29 Å². The number of carbonyl (C=O) groups excluding carboxylic acids is 1. The topological polar surface area (TPSA) is 51.2 Å². The van der Waals surface area contributed by atoms with Crippen molar-refractivity contribution in [2.24, 2.45) is 0 Å². The van der Waals surface area contributed by atoms with Crippen LogP contribution >= 0.6 is 0 Å². The fraction of sp³-hybridized carbons (Fsp3) is 0.533. The Kier molecular flexibility index (Phi) is 5.69. The number of ether oxygens (including phenoxy) is 1. The van der Waals surface area contributed by atoms with Crippen LogP contribution in [0.4, 0.5) is 0 Å². The van der Waals surface area contributed by atoms with Crippen LogP contribution in [0.3, 0.4) is 0 Å². The van der Waals surface area contributed by atoms with Gasteiger partial charge in [0.2, 0.25) is 0 Å². The van der Waals surface area contributed by atoms with E-state index < -0.39 is 12.3 Å². The summed E-state index contributed by atoms with van der Waals surface area (Å²) in [6.45, 7) is 2.98. The van der Waals surface area contributed by atoms with Crippen LogP contribution in [0.5, 0.6) is 0 Å². The Hall–Kier alpha value is -1.47. The van der Waals surface area contributed by atoms with Crippen LogP contribution < -0.4 is 0 Å². The summed E-state index contributed by atoms with van der Waals surface area (Å²) in [7, 11) is 3.06. The minimum absolute atomic E-state index is 0.143. The highest BCUT2D eigenvalue weighted by atomic mass is 16.8. The Morgan fingerprint density at radius 3 is 2.76 bits per heavy atom. The van der Waals surface area contributed by atoms with E-state index in [1.807, 2.05) is 37.3 Å². The quantitative estimate of drug-likeness (QED) is 0.746. The molecule has 6 nitrogen and oxygen atoms in total. The first-order valence-electron chi connectivity index (χ1n) is 7.06. The molecule has 2 atom stereocenters. The predicted molar refractivity (Wildman–Crippen MR) is 76.7 cm³/mol. The molecule has 6 heteroatoms. The van der Waals surface area contributed by atoms with Crippen molar-refractivity contribution in [3.05, 3.63) is 35.9 Å². The number of nitrogens with zero attached hydrogens (tertiary/aromatic N) is 2. The third kappa shape index (κ3) is 4.01. The number of carbonyl (C=O) groups is 1. The van der Waals surface area contributed by atoms with Gasteiger partial charge in [0.05, 0.1) is 13.7 Å². The Morgan fingerprint density at radius 1 is 1.43 bits per heavy atom. The van der Waals surface area contributed by atoms with Crippen molar-refractivity contribution in [2.75, 3.05) is 20.8 Å². The van der Waals surface area contributed by atoms with Crippen LogP contribution in [0, 0.1) is 0 Å². The summed E-state index contributed by atoms with van der Waals surface area (Å²) in [4.78, 5) is 23.1. The van der Waals surface area contributed by atoms with Crippen molar-refractivity contribution >= 4 is 5.91 Å². The molecule has 1 saturated heterocycles. The monoisotopic (exact) mass is 294 g/mol. The van der Waals surface area contributed by atoms with Crippen LogP contribution in [0.25, 0.3) is 0 Å². The van der Waals surface area contributed by atoms with Gasteiger partial charge < -0.3 is 4.74 Å². The van der Waals surface area contributed by atoms with Gasteiger partial charge in [0.25, 0.3) is 5.91 Å². The van der Waals surface area contributed by atoms with Gasteiger partial charge in [-0.3, -0.25) is 14.5 Å². The lowest BCUT2D eigenvalue weighted by Crippen LogP contribution is -2.42. The van der Waals surface area contributed by atoms with Crippen molar-refractivity contribution in [3.63, 3.8) is 0 Å². The molecule has 0 N–H and O–H groups in total. The van der Waals surface area contributed by atoms with Gasteiger partial charge in [-0.05, 0) is 12.5 Å². The van der Waals surface area contributed by atoms with E-state index >= 15 is 0 Å². The molecule has 2 rings (SSSR count). The van der Waals surface area contributed by atoms with Gasteiger partial charge in [-0.25, -0.2) is 5.06 Å². The van der Waals surface area contributed by atoms with Crippen LogP contribution in [-0.2, 0) is 25.8 Å². The summed E-state index contributed by atoms with van der Waals surface area (Å²) in [5, 5.41) is 2.90. The molecule has 1 heterocycles. The Morgan fingerprint density at radius 2 is 2.14 bits per heavy atom. The lowest BCUT2D eigenvalue weighted by atomic mass is 10.1. The van der Waals surface area contributed by atoms with E-state index in [0.29, 0.717) is 19.6 Å². The molecule has 116 valence electrons. The highest BCUT2D eigenvalue weighted by Crippen LogP contribution is 2.25. The average Bonchev–Trinajstić information content (AvgIpc) is 2.89. The molecule has 21 heavy (non-hydrogen) atoms. The minimum atomic E-state index is -0.410. The molecule has 0 bridgehead atoms. The smallest absolute Gasteiger partial charge is 0.265 e. The summed E-state index contributed by atoms with van der Waals surface area (Å²) in [6.07, 6.45) is 0.102. The zero-order valence-electron chi connectivity index (χ0n) is 12.7. The Labute approximate surface area is 125 Å². The maximum Gasteiger partial charge on any atom is 0.265 e. The van der Waals surface area contributed by atoms with Crippen molar-refractivity contribution in [1.82, 2.24) is 10.1 Å². The zero-order valence-corrected chi connectivity index (χ0v) is 12.7. The first kappa shape index (κ1) is 15.9. The van der Waals surface area contributed by atoms with E-state index in [2.05, 4.69) is 0 Å². The molecule has 1 fully saturated rings. The van der Waals surface area contributed by atoms with Gasteiger partial charge in [-0.1, -0.05) is 30.3 Å². The molecule has 0 unspecified atom stereocenters. The van der Waals surface area contributed by atoms with Gasteiger partial charge in [0, 0.05) is 20.1 Å². The SMILES string of the molecule is CCO[C@H]1C[C@H](C(=O)N(C)OC)N(Cc2ccccc2)O1. The molecule has 1 amide bonds. The molecule has 0 saturated carbocycles. The lowest BCUT2D eigenvalue weighted by molar-refractivity contribution is -0.245. The second-order valence-corrected chi connectivity index (χ2v) is 4.82. The van der Waals surface area contributed by atoms with E-state index in [0.717, 1.165) is 5.56 Å². The minimum Gasteiger partial charge on any atom is -0.351 e. The highest BCUT2D eigenvalue weighted by molar-refractivity contribution is 5.80. The highest BCUT2D eigenvalue weighted by Gasteiger charge is 2.40. The zero-order chi connectivity index (χ0) is 15.2. The molecule has 0 aliphatic carbocycles. The molecule has 0 radical (unpaired) electrons. The Balaban J connectivity index is 2.09. The van der Waals surface area contributed by atoms with Crippen molar-refractivity contribution in [3.8, 4) is 0 Å². The first-order chi connectivity index (χ1) is 10.2. The maximum absolute atomic E-state index is 12.4. The molecule has 1 aliphatic heterocycles. The second-order valence-electron chi connectivity index (χ2n) is 4.82. The molecule has 1 aromatic rings. The number of rotatable bonds is 6. The van der Waals surface area contributed by atoms with Crippen LogP contribution in [0.2, 0.25) is 0 Å². The Bertz CT molecular complexity index is 454. The van der Waals surface area contributed by atoms with E-state index in [-0.39, 0.29) is 5.91 Å². The normalized spacial score (nSPS) is 22.4. The molecular weight excluding hydrogens is 272 g/mol. The molecule has 1 aliphatic rings. The molecular formula is C15H22N2O4. The van der Waals surface area contributed by atoms with Gasteiger partial charge in [-0.2, -0.15) is 5.06 Å². The number of benzene rings is 1. The number of likely N-dealkylation sites (N-methyl/N-ethyl adjacent to an activating group) is 1. The van der Waals surface area contributed by atoms with Crippen molar-refractivity contribution in [2.45, 2.75) is 32.2 Å². The molecule has 0 spiro atoms. The van der Waals surface area contributed by atoms with E-state index in [1.54, 1.807) is 12.1 Å². The maximum atomic E-state index is 12.4. The summed E-state index contributed by atoms with van der Waals surface area (Å²) >= 11 is 0. The van der Waals surface area contributed by atoms with E-state index in [4.69, 9.17) is 14.4 Å². The number of hydrogen-bond acceptors (Lipinski definition) is 5. The van der Waals surface area contributed by atoms with Crippen molar-refractivity contribution < 1.29 is 19.2 Å². The third-order valence-corrected chi connectivity index (χ3v) is 3.42. The van der Waals surface area contributed by atoms with Crippen LogP contribution in [0.1, 0.15) is 18.9 Å². The summed E-state index contributed by atoms with van der Waals surface area (Å²) in [5.41, 5.74) is 1.08. The van der Waals surface area contributed by atoms with Gasteiger partial charge in [-0.15, -0.1) is 0 Å². The fourth-order valence-corrected chi connectivity index (χ4v) is 2.29. The standard InChI is InChI=1S/C15H22N2O4/c1-4-20-14-10-13(15(18)16(2)19-3)17(21-14)11-12-8-6-5-7-9-12/h5-9,13-14H,4,10-11H2,1-3H3/t13-,14-/m1/s1. The summed E-state index contributed by atoms with van der Waals surface area (Å²) in [5.74, 6) is -0.143. The average molecular weight is 294 g/mol. The number of hydroxylamine groups is 4. The number of hydrogen-bond donors (Lipinski definition) is 0. The van der Waals surface area contributed by atoms with Gasteiger partial charge >= 0.3 is 0 Å². The fourth-order valence-electron chi connectivity index (χ4n) is 2.29. The van der Waals surface area contributed by atoms with Gasteiger partial charge in [0.1, 0.15) is 6.04 Å². The largest absolute Gasteiger partial charge is 0.351 e. The summed E-state index contributed by atoms with van der Waals surface area (Å²) in [6, 6.07) is 9.47. The lowest BCUT2D eigenvalue weighted by Gasteiger charge is -2.24. The second kappa shape index (κ2) is 7.51. The van der Waals surface area contributed by atoms with Crippen molar-refractivity contribution in [1.29, 1.82) is 0 Å². The summed E-state index contributed by atoms with van der Waals surface area (Å²) < 4.78 is 5.49. The molecule has 1 aromatic carbocycles.